The van der Waals surface area contributed by atoms with E-state index < -0.39 is 24.4 Å². The monoisotopic (exact) mass is 462 g/mol. The molecule has 1 atom stereocenters. The van der Waals surface area contributed by atoms with Gasteiger partial charge in [0.05, 0.1) is 11.9 Å². The molecule has 3 amide bonds. The van der Waals surface area contributed by atoms with Gasteiger partial charge in [-0.25, -0.2) is 9.37 Å². The molecular weight excluding hydrogens is 431 g/mol. The van der Waals surface area contributed by atoms with E-state index in [1.165, 1.54) is 12.3 Å². The number of hydrogen-bond donors (Lipinski definition) is 3. The first-order valence-corrected chi connectivity index (χ1v) is 11.5. The molecule has 180 valence electrons. The van der Waals surface area contributed by atoms with Gasteiger partial charge in [-0.3, -0.25) is 24.6 Å². The number of aliphatic hydroxyl groups is 1. The quantitative estimate of drug-likeness (QED) is 0.497. The highest BCUT2D eigenvalue weighted by Gasteiger charge is 2.28. The maximum absolute atomic E-state index is 14.8. The molecule has 4 heterocycles. The lowest BCUT2D eigenvalue weighted by Gasteiger charge is -2.39. The molecule has 3 aliphatic heterocycles. The van der Waals surface area contributed by atoms with Gasteiger partial charge in [0.25, 0.3) is 0 Å². The van der Waals surface area contributed by atoms with Crippen molar-refractivity contribution in [2.45, 2.75) is 31.7 Å². The molecule has 3 fully saturated rings. The molecule has 1 aromatic heterocycles. The number of aromatic nitrogens is 1. The third-order valence-corrected chi connectivity index (χ3v) is 6.69. The van der Waals surface area contributed by atoms with Gasteiger partial charge in [-0.15, -0.1) is 0 Å². The largest absolute Gasteiger partial charge is 0.387 e. The van der Waals surface area contributed by atoms with E-state index in [-0.39, 0.29) is 18.2 Å². The normalized spacial score (nSPS) is 22.9. The third kappa shape index (κ3) is 5.77. The topological polar surface area (TPSA) is 118 Å². The average Bonchev–Trinajstić information content (AvgIpc) is 2.82. The number of nitrogens with zero attached hydrogens (tertiary/aromatic N) is 4. The standard InChI is InChI=1S/C22H31FN6O4/c23-17-11-16(25-18-1-2-19(31)26-22(18)33)12-24-21(17)29-9-7-27(8-10-29)13-15-3-5-28(6-4-15)20(32)14-30/h11-12,15,18,25,30H,1-10,13-14H2,(H,26,31,33). The van der Waals surface area contributed by atoms with E-state index in [4.69, 9.17) is 5.11 Å². The van der Waals surface area contributed by atoms with Crippen molar-refractivity contribution in [3.05, 3.63) is 18.1 Å². The van der Waals surface area contributed by atoms with Gasteiger partial charge in [0.2, 0.25) is 17.7 Å². The summed E-state index contributed by atoms with van der Waals surface area (Å²) in [6.45, 7) is 4.89. The van der Waals surface area contributed by atoms with Gasteiger partial charge in [0, 0.05) is 58.3 Å². The highest BCUT2D eigenvalue weighted by Crippen LogP contribution is 2.24. The SMILES string of the molecule is O=C1CCC(Nc2cnc(N3CCN(CC4CCN(C(=O)CO)CC4)CC3)c(F)c2)C(=O)N1. The Kier molecular flexibility index (Phi) is 7.39. The first-order valence-electron chi connectivity index (χ1n) is 11.5. The molecule has 0 bridgehead atoms. The molecule has 4 rings (SSSR count). The lowest BCUT2D eigenvalue weighted by molar-refractivity contribution is -0.136. The van der Waals surface area contributed by atoms with Crippen LogP contribution in [0.25, 0.3) is 0 Å². The maximum atomic E-state index is 14.8. The summed E-state index contributed by atoms with van der Waals surface area (Å²) in [4.78, 5) is 45.1. The summed E-state index contributed by atoms with van der Waals surface area (Å²) in [5.74, 6) is -0.515. The maximum Gasteiger partial charge on any atom is 0.249 e. The molecule has 3 N–H and O–H groups in total. The van der Waals surface area contributed by atoms with Gasteiger partial charge in [-0.05, 0) is 25.2 Å². The van der Waals surface area contributed by atoms with Crippen LogP contribution in [0, 0.1) is 11.7 Å². The first-order chi connectivity index (χ1) is 15.9. The van der Waals surface area contributed by atoms with Crippen LogP contribution >= 0.6 is 0 Å². The molecule has 0 spiro atoms. The Bertz CT molecular complexity index is 884. The summed E-state index contributed by atoms with van der Waals surface area (Å²) in [5, 5.41) is 14.2. The molecule has 10 nitrogen and oxygen atoms in total. The number of pyridine rings is 1. The second kappa shape index (κ2) is 10.4. The number of halogens is 1. The van der Waals surface area contributed by atoms with Crippen molar-refractivity contribution < 1.29 is 23.9 Å². The summed E-state index contributed by atoms with van der Waals surface area (Å²) in [7, 11) is 0. The van der Waals surface area contributed by atoms with Gasteiger partial charge in [0.15, 0.2) is 11.6 Å². The molecule has 0 aromatic carbocycles. The fourth-order valence-corrected chi connectivity index (χ4v) is 4.75. The third-order valence-electron chi connectivity index (χ3n) is 6.69. The van der Waals surface area contributed by atoms with Gasteiger partial charge < -0.3 is 20.2 Å². The number of anilines is 2. The van der Waals surface area contributed by atoms with Gasteiger partial charge in [-0.1, -0.05) is 0 Å². The van der Waals surface area contributed by atoms with Gasteiger partial charge >= 0.3 is 0 Å². The van der Waals surface area contributed by atoms with Crippen molar-refractivity contribution in [3.63, 3.8) is 0 Å². The van der Waals surface area contributed by atoms with Crippen molar-refractivity contribution in [2.75, 3.05) is 62.6 Å². The van der Waals surface area contributed by atoms with Gasteiger partial charge in [-0.2, -0.15) is 0 Å². The van der Waals surface area contributed by atoms with Crippen LogP contribution in [0.5, 0.6) is 0 Å². The average molecular weight is 463 g/mol. The minimum Gasteiger partial charge on any atom is -0.387 e. The Morgan fingerprint density at radius 3 is 2.52 bits per heavy atom. The van der Waals surface area contributed by atoms with Crippen molar-refractivity contribution >= 4 is 29.2 Å². The molecule has 33 heavy (non-hydrogen) atoms. The number of piperazine rings is 1. The van der Waals surface area contributed by atoms with Crippen LogP contribution in [0.15, 0.2) is 12.3 Å². The fraction of sp³-hybridized carbons (Fsp3) is 0.636. The lowest BCUT2D eigenvalue weighted by atomic mass is 9.96. The summed E-state index contributed by atoms with van der Waals surface area (Å²) in [6.07, 6.45) is 4.01. The molecule has 1 aromatic rings. The minimum atomic E-state index is -0.577. The van der Waals surface area contributed by atoms with E-state index in [1.807, 2.05) is 4.90 Å². The van der Waals surface area contributed by atoms with Crippen molar-refractivity contribution in [1.29, 1.82) is 0 Å². The number of hydrogen-bond acceptors (Lipinski definition) is 8. The Morgan fingerprint density at radius 2 is 1.88 bits per heavy atom. The fourth-order valence-electron chi connectivity index (χ4n) is 4.75. The molecule has 0 saturated carbocycles. The zero-order chi connectivity index (χ0) is 23.4. The zero-order valence-corrected chi connectivity index (χ0v) is 18.6. The number of piperidine rings is 2. The number of likely N-dealkylation sites (tertiary alicyclic amines) is 1. The van der Waals surface area contributed by atoms with E-state index >= 15 is 0 Å². The van der Waals surface area contributed by atoms with Crippen LogP contribution in [0.2, 0.25) is 0 Å². The van der Waals surface area contributed by atoms with Crippen LogP contribution in [0.1, 0.15) is 25.7 Å². The van der Waals surface area contributed by atoms with E-state index in [2.05, 4.69) is 20.5 Å². The molecule has 3 aliphatic rings. The van der Waals surface area contributed by atoms with Crippen molar-refractivity contribution in [3.8, 4) is 0 Å². The summed E-state index contributed by atoms with van der Waals surface area (Å²) in [5.41, 5.74) is 0.412. The van der Waals surface area contributed by atoms with E-state index in [9.17, 15) is 18.8 Å². The van der Waals surface area contributed by atoms with E-state index in [0.29, 0.717) is 50.0 Å². The van der Waals surface area contributed by atoms with Crippen LogP contribution in [0.3, 0.4) is 0 Å². The number of aliphatic hydroxyl groups excluding tert-OH is 1. The highest BCUT2D eigenvalue weighted by molar-refractivity contribution is 6.01. The second-order valence-electron chi connectivity index (χ2n) is 8.95. The predicted octanol–water partition coefficient (Wildman–Crippen LogP) is -0.209. The minimum absolute atomic E-state index is 0.199. The molecule has 3 saturated heterocycles. The number of imide groups is 1. The number of carbonyl (C=O) groups excluding carboxylic acids is 3. The molecule has 1 unspecified atom stereocenters. The number of carbonyl (C=O) groups is 3. The van der Waals surface area contributed by atoms with E-state index in [1.54, 1.807) is 4.90 Å². The lowest BCUT2D eigenvalue weighted by Crippen LogP contribution is -2.49. The van der Waals surface area contributed by atoms with Crippen LogP contribution in [-0.4, -0.2) is 96.1 Å². The summed E-state index contributed by atoms with van der Waals surface area (Å²) < 4.78 is 14.8. The number of amides is 3. The Hall–Kier alpha value is -2.79. The predicted molar refractivity (Wildman–Crippen MR) is 119 cm³/mol. The zero-order valence-electron chi connectivity index (χ0n) is 18.6. The second-order valence-corrected chi connectivity index (χ2v) is 8.95. The smallest absolute Gasteiger partial charge is 0.249 e. The van der Waals surface area contributed by atoms with Crippen molar-refractivity contribution in [1.82, 2.24) is 20.1 Å². The molecule has 0 radical (unpaired) electrons. The van der Waals surface area contributed by atoms with Crippen LogP contribution < -0.4 is 15.5 Å². The van der Waals surface area contributed by atoms with Gasteiger partial charge in [0.1, 0.15) is 12.6 Å². The number of rotatable bonds is 6. The first kappa shape index (κ1) is 23.4. The van der Waals surface area contributed by atoms with E-state index in [0.717, 1.165) is 32.5 Å². The molecular formula is C22H31FN6O4. The number of nitrogens with one attached hydrogen (secondary N) is 2. The summed E-state index contributed by atoms with van der Waals surface area (Å²) >= 11 is 0. The van der Waals surface area contributed by atoms with Crippen LogP contribution in [0.4, 0.5) is 15.9 Å². The Labute approximate surface area is 192 Å². The summed E-state index contributed by atoms with van der Waals surface area (Å²) in [6, 6.07) is 0.770. The Morgan fingerprint density at radius 1 is 1.15 bits per heavy atom. The van der Waals surface area contributed by atoms with Crippen molar-refractivity contribution in [2.24, 2.45) is 5.92 Å². The molecule has 0 aliphatic carbocycles. The van der Waals surface area contributed by atoms with Crippen LogP contribution in [-0.2, 0) is 14.4 Å². The Balaban J connectivity index is 1.24. The molecule has 11 heteroatoms. The highest BCUT2D eigenvalue weighted by atomic mass is 19.1.